The van der Waals surface area contributed by atoms with Gasteiger partial charge in [-0.3, -0.25) is 0 Å². The molecular weight excluding hydrogens is 184 g/mol. The van der Waals surface area contributed by atoms with Gasteiger partial charge in [0.25, 0.3) is 0 Å². The first-order valence-corrected chi connectivity index (χ1v) is 4.54. The van der Waals surface area contributed by atoms with Crippen LogP contribution in [0.15, 0.2) is 24.4 Å². The van der Waals surface area contributed by atoms with Crippen LogP contribution in [-0.4, -0.2) is 4.57 Å². The number of nitrogens with two attached hydrogens (primary N) is 1. The zero-order chi connectivity index (χ0) is 9.42. The molecule has 0 spiro atoms. The van der Waals surface area contributed by atoms with Crippen molar-refractivity contribution in [3.63, 3.8) is 0 Å². The quantitative estimate of drug-likeness (QED) is 0.742. The minimum atomic E-state index is 0.553. The fourth-order valence-corrected chi connectivity index (χ4v) is 1.90. The second-order valence-corrected chi connectivity index (χ2v) is 3.51. The summed E-state index contributed by atoms with van der Waals surface area (Å²) in [6.07, 6.45) is 2.00. The van der Waals surface area contributed by atoms with Crippen molar-refractivity contribution in [3.05, 3.63) is 35.0 Å². The molecule has 2 aromatic rings. The Bertz CT molecular complexity index is 445. The van der Waals surface area contributed by atoms with E-state index in [-0.39, 0.29) is 0 Å². The minimum Gasteiger partial charge on any atom is -0.349 e. The van der Waals surface area contributed by atoms with E-state index >= 15 is 0 Å². The molecule has 0 fully saturated rings. The number of rotatable bonds is 1. The molecule has 0 atom stereocenters. The van der Waals surface area contributed by atoms with E-state index in [9.17, 15) is 0 Å². The molecule has 0 aliphatic heterocycles. The summed E-state index contributed by atoms with van der Waals surface area (Å²) in [6.45, 7) is 0.553. The van der Waals surface area contributed by atoms with E-state index in [1.807, 2.05) is 36.0 Å². The van der Waals surface area contributed by atoms with Crippen molar-refractivity contribution in [1.82, 2.24) is 4.57 Å². The van der Waals surface area contributed by atoms with Gasteiger partial charge in [0.2, 0.25) is 0 Å². The first-order valence-electron chi connectivity index (χ1n) is 4.16. The molecule has 0 amide bonds. The third-order valence-electron chi connectivity index (χ3n) is 2.30. The Morgan fingerprint density at radius 1 is 1.38 bits per heavy atom. The first-order chi connectivity index (χ1) is 6.24. The second-order valence-electron chi connectivity index (χ2n) is 3.10. The van der Waals surface area contributed by atoms with E-state index in [0.29, 0.717) is 6.54 Å². The molecule has 68 valence electrons. The van der Waals surface area contributed by atoms with Gasteiger partial charge in [0.15, 0.2) is 0 Å². The van der Waals surface area contributed by atoms with Crippen LogP contribution in [0, 0.1) is 0 Å². The van der Waals surface area contributed by atoms with Gasteiger partial charge in [0.05, 0.1) is 10.5 Å². The van der Waals surface area contributed by atoms with Crippen LogP contribution in [0.3, 0.4) is 0 Å². The summed E-state index contributed by atoms with van der Waals surface area (Å²) in [7, 11) is 1.98. The molecule has 1 heterocycles. The third-order valence-corrected chi connectivity index (χ3v) is 2.60. The van der Waals surface area contributed by atoms with Crippen molar-refractivity contribution in [2.24, 2.45) is 12.8 Å². The maximum absolute atomic E-state index is 6.07. The molecule has 0 unspecified atom stereocenters. The molecule has 1 aromatic carbocycles. The summed E-state index contributed by atoms with van der Waals surface area (Å²) < 4.78 is 2.01. The topological polar surface area (TPSA) is 30.9 Å². The Morgan fingerprint density at radius 3 is 2.85 bits per heavy atom. The van der Waals surface area contributed by atoms with Crippen LogP contribution >= 0.6 is 11.6 Å². The van der Waals surface area contributed by atoms with Crippen molar-refractivity contribution >= 4 is 22.5 Å². The van der Waals surface area contributed by atoms with Crippen molar-refractivity contribution < 1.29 is 0 Å². The number of fused-ring (bicyclic) bond motifs is 1. The third kappa shape index (κ3) is 1.23. The number of hydrogen-bond acceptors (Lipinski definition) is 1. The number of nitrogens with zero attached hydrogens (tertiary/aromatic N) is 1. The van der Waals surface area contributed by atoms with Crippen LogP contribution in [0.25, 0.3) is 10.9 Å². The Balaban J connectivity index is 2.87. The zero-order valence-corrected chi connectivity index (χ0v) is 8.17. The van der Waals surface area contributed by atoms with Crippen LogP contribution in [0.1, 0.15) is 5.56 Å². The second kappa shape index (κ2) is 3.05. The van der Waals surface area contributed by atoms with Gasteiger partial charge in [-0.1, -0.05) is 17.7 Å². The normalized spacial score (nSPS) is 11.0. The Kier molecular flexibility index (Phi) is 2.02. The smallest absolute Gasteiger partial charge is 0.0670 e. The maximum atomic E-state index is 6.07. The fourth-order valence-electron chi connectivity index (χ4n) is 1.61. The summed E-state index contributed by atoms with van der Waals surface area (Å²) in [5.41, 5.74) is 7.82. The van der Waals surface area contributed by atoms with Gasteiger partial charge in [0.1, 0.15) is 0 Å². The lowest BCUT2D eigenvalue weighted by molar-refractivity contribution is 0.968. The van der Waals surface area contributed by atoms with Crippen LogP contribution in [-0.2, 0) is 13.6 Å². The van der Waals surface area contributed by atoms with Gasteiger partial charge in [-0.15, -0.1) is 0 Å². The first kappa shape index (κ1) is 8.60. The predicted octanol–water partition coefficient (Wildman–Crippen LogP) is 2.29. The predicted molar refractivity (Wildman–Crippen MR) is 55.8 cm³/mol. The molecule has 3 heteroatoms. The molecule has 2 N–H and O–H groups in total. The van der Waals surface area contributed by atoms with E-state index in [4.69, 9.17) is 17.3 Å². The summed E-state index contributed by atoms with van der Waals surface area (Å²) in [5.74, 6) is 0. The molecule has 2 nitrogen and oxygen atoms in total. The molecule has 0 radical (unpaired) electrons. The highest BCUT2D eigenvalue weighted by Gasteiger charge is 2.05. The number of aromatic nitrogens is 1. The van der Waals surface area contributed by atoms with E-state index in [2.05, 4.69) is 0 Å². The molecule has 0 aliphatic rings. The van der Waals surface area contributed by atoms with Crippen LogP contribution in [0.2, 0.25) is 5.02 Å². The van der Waals surface area contributed by atoms with Crippen molar-refractivity contribution in [2.45, 2.75) is 6.54 Å². The summed E-state index contributed by atoms with van der Waals surface area (Å²) in [6, 6.07) is 5.92. The maximum Gasteiger partial charge on any atom is 0.0670 e. The van der Waals surface area contributed by atoms with Crippen LogP contribution in [0.5, 0.6) is 0 Å². The monoisotopic (exact) mass is 194 g/mol. The van der Waals surface area contributed by atoms with E-state index in [1.54, 1.807) is 0 Å². The Hall–Kier alpha value is -0.990. The summed E-state index contributed by atoms with van der Waals surface area (Å²) in [4.78, 5) is 0. The van der Waals surface area contributed by atoms with Gasteiger partial charge < -0.3 is 10.3 Å². The molecular formula is C10H11ClN2. The summed E-state index contributed by atoms with van der Waals surface area (Å²) >= 11 is 6.07. The SMILES string of the molecule is Cn1ccc2c(CN)ccc(Cl)c21. The molecule has 0 saturated heterocycles. The minimum absolute atomic E-state index is 0.553. The van der Waals surface area contributed by atoms with E-state index in [0.717, 1.165) is 21.5 Å². The van der Waals surface area contributed by atoms with Gasteiger partial charge >= 0.3 is 0 Å². The molecule has 0 aliphatic carbocycles. The van der Waals surface area contributed by atoms with Crippen LogP contribution < -0.4 is 5.73 Å². The van der Waals surface area contributed by atoms with Crippen molar-refractivity contribution in [2.75, 3.05) is 0 Å². The van der Waals surface area contributed by atoms with E-state index in [1.165, 1.54) is 0 Å². The standard InChI is InChI=1S/C10H11ClN2/c1-13-5-4-8-7(6-12)2-3-9(11)10(8)13/h2-5H,6,12H2,1H3. The van der Waals surface area contributed by atoms with Crippen molar-refractivity contribution in [3.8, 4) is 0 Å². The Morgan fingerprint density at radius 2 is 2.15 bits per heavy atom. The average Bonchev–Trinajstić information content (AvgIpc) is 2.50. The van der Waals surface area contributed by atoms with Gasteiger partial charge in [-0.25, -0.2) is 0 Å². The highest BCUT2D eigenvalue weighted by atomic mass is 35.5. The highest BCUT2D eigenvalue weighted by molar-refractivity contribution is 6.35. The number of benzene rings is 1. The van der Waals surface area contributed by atoms with Gasteiger partial charge in [0, 0.05) is 25.2 Å². The molecule has 2 rings (SSSR count). The summed E-state index contributed by atoms with van der Waals surface area (Å²) in [5, 5.41) is 1.93. The van der Waals surface area contributed by atoms with Gasteiger partial charge in [-0.2, -0.15) is 0 Å². The lowest BCUT2D eigenvalue weighted by atomic mass is 10.1. The molecule has 0 bridgehead atoms. The van der Waals surface area contributed by atoms with Gasteiger partial charge in [-0.05, 0) is 17.7 Å². The lowest BCUT2D eigenvalue weighted by Gasteiger charge is -2.03. The van der Waals surface area contributed by atoms with Crippen molar-refractivity contribution in [1.29, 1.82) is 0 Å². The van der Waals surface area contributed by atoms with E-state index < -0.39 is 0 Å². The zero-order valence-electron chi connectivity index (χ0n) is 7.42. The Labute approximate surface area is 81.9 Å². The molecule has 1 aromatic heterocycles. The molecule has 0 saturated carbocycles. The number of halogens is 1. The fraction of sp³-hybridized carbons (Fsp3) is 0.200. The lowest BCUT2D eigenvalue weighted by Crippen LogP contribution is -1.97. The average molecular weight is 195 g/mol. The molecule has 13 heavy (non-hydrogen) atoms. The number of hydrogen-bond donors (Lipinski definition) is 1. The van der Waals surface area contributed by atoms with Crippen LogP contribution in [0.4, 0.5) is 0 Å². The highest BCUT2D eigenvalue weighted by Crippen LogP contribution is 2.26. The number of aryl methyl sites for hydroxylation is 1. The largest absolute Gasteiger partial charge is 0.349 e.